The van der Waals surface area contributed by atoms with Crippen molar-refractivity contribution in [1.29, 1.82) is 0 Å². The predicted molar refractivity (Wildman–Crippen MR) is 113 cm³/mol. The molecule has 5 atom stereocenters. The van der Waals surface area contributed by atoms with E-state index in [0.717, 1.165) is 19.4 Å². The third kappa shape index (κ3) is 8.10. The molecule has 1 aliphatic heterocycles. The summed E-state index contributed by atoms with van der Waals surface area (Å²) in [6.45, 7) is 3.46. The molecule has 2 rings (SSSR count). The number of carbonyl (C=O) groups is 4. The molecule has 2 amide bonds. The van der Waals surface area contributed by atoms with Gasteiger partial charge in [-0.2, -0.15) is 0 Å². The van der Waals surface area contributed by atoms with Crippen LogP contribution in [0.4, 0.5) is 0 Å². The molecule has 1 aliphatic carbocycles. The van der Waals surface area contributed by atoms with Crippen molar-refractivity contribution in [2.75, 3.05) is 33.4 Å². The molecule has 31 heavy (non-hydrogen) atoms. The summed E-state index contributed by atoms with van der Waals surface area (Å²) in [5.74, 6) is -2.13. The molecule has 0 bridgehead atoms. The first-order valence-corrected chi connectivity index (χ1v) is 11.1. The van der Waals surface area contributed by atoms with Crippen LogP contribution in [-0.2, 0) is 28.7 Å². The molecule has 0 spiro atoms. The lowest BCUT2D eigenvalue weighted by Crippen LogP contribution is -2.50. The molecule has 176 valence electrons. The quantitative estimate of drug-likeness (QED) is 0.349. The molecule has 2 aliphatic rings. The van der Waals surface area contributed by atoms with Gasteiger partial charge in [0.2, 0.25) is 11.8 Å². The SMILES string of the molecule is CCOC(=O)CC(NC(=O)CNC(=O)C1CC(N)CC(C(=O)OC)C1)C1CCCNC1. The minimum absolute atomic E-state index is 0.0954. The van der Waals surface area contributed by atoms with E-state index in [9.17, 15) is 19.2 Å². The zero-order valence-electron chi connectivity index (χ0n) is 18.5. The van der Waals surface area contributed by atoms with Gasteiger partial charge in [-0.3, -0.25) is 19.2 Å². The lowest BCUT2D eigenvalue weighted by Gasteiger charge is -2.32. The van der Waals surface area contributed by atoms with Crippen LogP contribution in [0, 0.1) is 17.8 Å². The van der Waals surface area contributed by atoms with Crippen LogP contribution in [0.2, 0.25) is 0 Å². The molecule has 5 unspecified atom stereocenters. The Labute approximate surface area is 183 Å². The number of amides is 2. The fraction of sp³-hybridized carbons (Fsp3) is 0.810. The maximum atomic E-state index is 12.6. The van der Waals surface area contributed by atoms with E-state index in [-0.39, 0.29) is 61.3 Å². The van der Waals surface area contributed by atoms with Crippen molar-refractivity contribution >= 4 is 23.8 Å². The van der Waals surface area contributed by atoms with Gasteiger partial charge in [-0.15, -0.1) is 0 Å². The van der Waals surface area contributed by atoms with E-state index in [1.54, 1.807) is 6.92 Å². The van der Waals surface area contributed by atoms with Crippen LogP contribution in [0.25, 0.3) is 0 Å². The van der Waals surface area contributed by atoms with Crippen molar-refractivity contribution in [1.82, 2.24) is 16.0 Å². The van der Waals surface area contributed by atoms with Crippen LogP contribution in [-0.4, -0.2) is 69.2 Å². The number of carbonyl (C=O) groups excluding carboxylic acids is 4. The van der Waals surface area contributed by atoms with Gasteiger partial charge in [0.25, 0.3) is 0 Å². The van der Waals surface area contributed by atoms with E-state index in [2.05, 4.69) is 16.0 Å². The Morgan fingerprint density at radius 2 is 1.90 bits per heavy atom. The Balaban J connectivity index is 1.87. The summed E-state index contributed by atoms with van der Waals surface area (Å²) in [7, 11) is 1.32. The van der Waals surface area contributed by atoms with Crippen molar-refractivity contribution in [2.45, 2.75) is 57.5 Å². The van der Waals surface area contributed by atoms with Crippen LogP contribution in [0.3, 0.4) is 0 Å². The first-order chi connectivity index (χ1) is 14.8. The van der Waals surface area contributed by atoms with E-state index in [1.165, 1.54) is 7.11 Å². The average molecular weight is 441 g/mol. The topological polar surface area (TPSA) is 149 Å². The Morgan fingerprint density at radius 1 is 1.16 bits per heavy atom. The van der Waals surface area contributed by atoms with E-state index in [4.69, 9.17) is 15.2 Å². The van der Waals surface area contributed by atoms with Crippen LogP contribution in [0.5, 0.6) is 0 Å². The molecular weight excluding hydrogens is 404 g/mol. The maximum absolute atomic E-state index is 12.6. The third-order valence-electron chi connectivity index (χ3n) is 6.01. The number of methoxy groups -OCH3 is 1. The third-order valence-corrected chi connectivity index (χ3v) is 6.01. The standard InChI is InChI=1S/C21H36N4O6/c1-3-31-19(27)10-17(13-5-4-6-23-11-13)25-18(26)12-24-20(28)14-7-15(21(29)30-2)9-16(22)8-14/h13-17,23H,3-12,22H2,1-2H3,(H,24,28)(H,25,26). The number of nitrogens with one attached hydrogen (secondary N) is 3. The van der Waals surface area contributed by atoms with Gasteiger partial charge < -0.3 is 31.2 Å². The van der Waals surface area contributed by atoms with Gasteiger partial charge in [0.15, 0.2) is 0 Å². The summed E-state index contributed by atoms with van der Waals surface area (Å²) in [6.07, 6.45) is 3.27. The molecule has 10 nitrogen and oxygen atoms in total. The van der Waals surface area contributed by atoms with Gasteiger partial charge in [-0.05, 0) is 58.0 Å². The first-order valence-electron chi connectivity index (χ1n) is 11.1. The predicted octanol–water partition coefficient (Wildman–Crippen LogP) is -0.543. The van der Waals surface area contributed by atoms with Crippen molar-refractivity contribution in [2.24, 2.45) is 23.5 Å². The van der Waals surface area contributed by atoms with Gasteiger partial charge in [-0.1, -0.05) is 0 Å². The molecule has 2 fully saturated rings. The van der Waals surface area contributed by atoms with Crippen LogP contribution in [0.1, 0.15) is 45.4 Å². The molecular formula is C21H36N4O6. The van der Waals surface area contributed by atoms with Crippen molar-refractivity contribution < 1.29 is 28.7 Å². The highest BCUT2D eigenvalue weighted by Gasteiger charge is 2.35. The molecule has 1 saturated heterocycles. The van der Waals surface area contributed by atoms with E-state index >= 15 is 0 Å². The summed E-state index contributed by atoms with van der Waals surface area (Å²) >= 11 is 0. The number of hydrogen-bond donors (Lipinski definition) is 4. The molecule has 0 aromatic rings. The Morgan fingerprint density at radius 3 is 2.55 bits per heavy atom. The monoisotopic (exact) mass is 440 g/mol. The highest BCUT2D eigenvalue weighted by atomic mass is 16.5. The van der Waals surface area contributed by atoms with Crippen LogP contribution in [0.15, 0.2) is 0 Å². The summed E-state index contributed by atoms with van der Waals surface area (Å²) in [4.78, 5) is 48.9. The van der Waals surface area contributed by atoms with Gasteiger partial charge in [0, 0.05) is 18.0 Å². The van der Waals surface area contributed by atoms with Gasteiger partial charge >= 0.3 is 11.9 Å². The highest BCUT2D eigenvalue weighted by molar-refractivity contribution is 5.86. The number of rotatable bonds is 9. The number of piperidine rings is 1. The maximum Gasteiger partial charge on any atom is 0.308 e. The second-order valence-electron chi connectivity index (χ2n) is 8.39. The second-order valence-corrected chi connectivity index (χ2v) is 8.39. The molecule has 0 aromatic carbocycles. The van der Waals surface area contributed by atoms with E-state index in [0.29, 0.717) is 25.8 Å². The number of hydrogen-bond acceptors (Lipinski definition) is 8. The van der Waals surface area contributed by atoms with Gasteiger partial charge in [0.1, 0.15) is 0 Å². The smallest absolute Gasteiger partial charge is 0.308 e. The Kier molecular flexibility index (Phi) is 10.2. The van der Waals surface area contributed by atoms with Crippen molar-refractivity contribution in [3.8, 4) is 0 Å². The number of nitrogens with two attached hydrogens (primary N) is 1. The van der Waals surface area contributed by atoms with E-state index in [1.807, 2.05) is 0 Å². The van der Waals surface area contributed by atoms with Crippen LogP contribution >= 0.6 is 0 Å². The Bertz CT molecular complexity index is 637. The minimum atomic E-state index is -0.446. The molecule has 1 heterocycles. The second kappa shape index (κ2) is 12.6. The highest BCUT2D eigenvalue weighted by Crippen LogP contribution is 2.29. The summed E-state index contributed by atoms with van der Waals surface area (Å²) in [5.41, 5.74) is 6.00. The summed E-state index contributed by atoms with van der Waals surface area (Å²) in [6, 6.07) is -0.627. The normalized spacial score (nSPS) is 26.9. The van der Waals surface area contributed by atoms with Gasteiger partial charge in [0.05, 0.1) is 32.6 Å². The fourth-order valence-electron chi connectivity index (χ4n) is 4.46. The average Bonchev–Trinajstić information content (AvgIpc) is 2.76. The fourth-order valence-corrected chi connectivity index (χ4v) is 4.46. The van der Waals surface area contributed by atoms with Crippen molar-refractivity contribution in [3.63, 3.8) is 0 Å². The molecule has 0 aromatic heterocycles. The largest absolute Gasteiger partial charge is 0.469 e. The Hall–Kier alpha value is -2.20. The summed E-state index contributed by atoms with van der Waals surface area (Å²) in [5, 5.41) is 8.82. The van der Waals surface area contributed by atoms with Gasteiger partial charge in [-0.25, -0.2) is 0 Å². The molecule has 5 N–H and O–H groups in total. The summed E-state index contributed by atoms with van der Waals surface area (Å²) < 4.78 is 9.82. The molecule has 0 radical (unpaired) electrons. The lowest BCUT2D eigenvalue weighted by molar-refractivity contribution is -0.148. The minimum Gasteiger partial charge on any atom is -0.469 e. The molecule has 10 heteroatoms. The van der Waals surface area contributed by atoms with E-state index < -0.39 is 11.8 Å². The number of esters is 2. The zero-order chi connectivity index (χ0) is 22.8. The van der Waals surface area contributed by atoms with Crippen molar-refractivity contribution in [3.05, 3.63) is 0 Å². The first kappa shape index (κ1) is 25.1. The zero-order valence-corrected chi connectivity index (χ0v) is 18.5. The molecule has 1 saturated carbocycles. The lowest BCUT2D eigenvalue weighted by atomic mass is 9.78. The number of ether oxygens (including phenoxy) is 2. The van der Waals surface area contributed by atoms with Crippen LogP contribution < -0.4 is 21.7 Å².